The van der Waals surface area contributed by atoms with Gasteiger partial charge in [0.15, 0.2) is 0 Å². The van der Waals surface area contributed by atoms with Crippen molar-refractivity contribution in [3.8, 4) is 0 Å². The average molecular weight is 553 g/mol. The zero-order valence-corrected chi connectivity index (χ0v) is 28.8. The van der Waals surface area contributed by atoms with Crippen LogP contribution in [-0.2, 0) is 0 Å². The van der Waals surface area contributed by atoms with E-state index in [0.29, 0.717) is 35.5 Å². The van der Waals surface area contributed by atoms with E-state index in [-0.39, 0.29) is 0 Å². The fraction of sp³-hybridized carbons (Fsp3) is 0.800. The van der Waals surface area contributed by atoms with Crippen molar-refractivity contribution in [2.24, 2.45) is 35.5 Å². The first-order valence-corrected chi connectivity index (χ1v) is 21.7. The van der Waals surface area contributed by atoms with Crippen molar-refractivity contribution in [3.05, 3.63) is 18.2 Å². The van der Waals surface area contributed by atoms with Gasteiger partial charge in [-0.15, -0.1) is 0 Å². The third-order valence-corrected chi connectivity index (χ3v) is 20.1. The van der Waals surface area contributed by atoms with Gasteiger partial charge in [0.05, 0.1) is 0 Å². The zero-order chi connectivity index (χ0) is 28.1. The van der Waals surface area contributed by atoms with E-state index in [4.69, 9.17) is 0 Å². The molecule has 0 aliphatic carbocycles. The maximum absolute atomic E-state index is 12.3. The van der Waals surface area contributed by atoms with Crippen LogP contribution in [0, 0.1) is 35.5 Å². The summed E-state index contributed by atoms with van der Waals surface area (Å²) < 4.78 is 0. The molecule has 3 N–H and O–H groups in total. The number of hydrogen-bond donors (Lipinski definition) is 3. The second-order valence-corrected chi connectivity index (χ2v) is 24.9. The van der Waals surface area contributed by atoms with Crippen LogP contribution in [0.25, 0.3) is 0 Å². The quantitative estimate of drug-likeness (QED) is 0.232. The molecule has 0 fully saturated rings. The molecule has 0 amide bonds. The lowest BCUT2D eigenvalue weighted by Gasteiger charge is -2.36. The summed E-state index contributed by atoms with van der Waals surface area (Å²) in [6, 6.07) is 11.5. The number of hydrogen-bond acceptors (Lipinski definition) is 3. The SMILES string of the molecule is CC(C)C[Si](O)(CC(C)C)c1cc([Si](O)(CC(C)C)CC(C)C)cc([Si](O)(CC(C)C)CC(C)C)c1. The van der Waals surface area contributed by atoms with Crippen molar-refractivity contribution in [2.75, 3.05) is 0 Å². The summed E-state index contributed by atoms with van der Waals surface area (Å²) in [5.41, 5.74) is 0. The van der Waals surface area contributed by atoms with Gasteiger partial charge in [-0.3, -0.25) is 0 Å². The second-order valence-electron chi connectivity index (χ2n) is 14.5. The molecule has 36 heavy (non-hydrogen) atoms. The van der Waals surface area contributed by atoms with Gasteiger partial charge in [-0.1, -0.05) is 101 Å². The smallest absolute Gasteiger partial charge is 0.220 e. The van der Waals surface area contributed by atoms with Crippen LogP contribution in [-0.4, -0.2) is 39.3 Å². The van der Waals surface area contributed by atoms with Crippen LogP contribution < -0.4 is 15.6 Å². The molecule has 0 saturated heterocycles. The van der Waals surface area contributed by atoms with Crippen molar-refractivity contribution < 1.29 is 14.4 Å². The topological polar surface area (TPSA) is 60.7 Å². The van der Waals surface area contributed by atoms with E-state index < -0.39 is 25.0 Å². The molecule has 0 aliphatic rings. The number of rotatable bonds is 15. The van der Waals surface area contributed by atoms with Crippen molar-refractivity contribution in [1.29, 1.82) is 0 Å². The summed E-state index contributed by atoms with van der Waals surface area (Å²) in [5, 5.41) is 3.15. The first-order valence-electron chi connectivity index (χ1n) is 14.7. The minimum absolute atomic E-state index is 0.400. The third-order valence-electron chi connectivity index (χ3n) is 7.02. The van der Waals surface area contributed by atoms with Gasteiger partial charge in [-0.05, 0) is 87.3 Å². The molecule has 0 aliphatic heterocycles. The van der Waals surface area contributed by atoms with E-state index in [2.05, 4.69) is 101 Å². The molecule has 0 unspecified atom stereocenters. The minimum atomic E-state index is -2.81. The predicted molar refractivity (Wildman–Crippen MR) is 167 cm³/mol. The van der Waals surface area contributed by atoms with Gasteiger partial charge in [-0.25, -0.2) is 0 Å². The van der Waals surface area contributed by atoms with Crippen molar-refractivity contribution >= 4 is 40.5 Å². The van der Waals surface area contributed by atoms with E-state index in [1.54, 1.807) is 0 Å². The van der Waals surface area contributed by atoms with Gasteiger partial charge in [0.25, 0.3) is 0 Å². The van der Waals surface area contributed by atoms with Crippen LogP contribution in [0.3, 0.4) is 0 Å². The normalized spacial score (nSPS) is 13.9. The van der Waals surface area contributed by atoms with Gasteiger partial charge in [-0.2, -0.15) is 0 Å². The Morgan fingerprint density at radius 2 is 0.528 bits per heavy atom. The monoisotopic (exact) mass is 552 g/mol. The Kier molecular flexibility index (Phi) is 12.9. The molecule has 6 heteroatoms. The van der Waals surface area contributed by atoms with Gasteiger partial charge < -0.3 is 14.4 Å². The Morgan fingerprint density at radius 1 is 0.389 bits per heavy atom. The van der Waals surface area contributed by atoms with Crippen molar-refractivity contribution in [3.63, 3.8) is 0 Å². The molecule has 0 aromatic heterocycles. The van der Waals surface area contributed by atoms with Crippen LogP contribution in [0.5, 0.6) is 0 Å². The standard InChI is InChI=1S/C30H60O3Si3/c1-22(2)16-34(31,17-23(3)4)28-13-29(35(32,18-24(5)6)19-25(7)8)15-30(14-28)36(33,20-26(9)10)21-27(11)12/h13-15,22-27,31-33H,16-21H2,1-12H3. The maximum Gasteiger partial charge on any atom is 0.220 e. The summed E-state index contributed by atoms with van der Waals surface area (Å²) in [5.74, 6) is 2.40. The molecule has 0 heterocycles. The van der Waals surface area contributed by atoms with Gasteiger partial charge in [0.2, 0.25) is 25.0 Å². The molecule has 1 rings (SSSR count). The van der Waals surface area contributed by atoms with Gasteiger partial charge >= 0.3 is 0 Å². The minimum Gasteiger partial charge on any atom is -0.427 e. The Balaban J connectivity index is 4.02. The van der Waals surface area contributed by atoms with Crippen LogP contribution in [0.2, 0.25) is 36.3 Å². The molecule has 0 radical (unpaired) electrons. The van der Waals surface area contributed by atoms with Crippen LogP contribution in [0.4, 0.5) is 0 Å². The van der Waals surface area contributed by atoms with Crippen LogP contribution in [0.1, 0.15) is 83.1 Å². The summed E-state index contributed by atoms with van der Waals surface area (Å²) in [6.45, 7) is 26.4. The van der Waals surface area contributed by atoms with E-state index in [9.17, 15) is 14.4 Å². The van der Waals surface area contributed by atoms with Crippen LogP contribution >= 0.6 is 0 Å². The highest BCUT2D eigenvalue weighted by Crippen LogP contribution is 2.28. The largest absolute Gasteiger partial charge is 0.427 e. The fourth-order valence-electron chi connectivity index (χ4n) is 6.44. The van der Waals surface area contributed by atoms with E-state index in [1.807, 2.05) is 0 Å². The maximum atomic E-state index is 12.3. The summed E-state index contributed by atoms with van der Waals surface area (Å²) in [6.07, 6.45) is 0. The molecule has 1 aromatic rings. The van der Waals surface area contributed by atoms with Crippen LogP contribution in [0.15, 0.2) is 18.2 Å². The van der Waals surface area contributed by atoms with E-state index >= 15 is 0 Å². The fourth-order valence-corrected chi connectivity index (χ4v) is 19.4. The summed E-state index contributed by atoms with van der Waals surface area (Å²) in [7, 11) is -8.43. The van der Waals surface area contributed by atoms with E-state index in [1.165, 1.54) is 0 Å². The highest BCUT2D eigenvalue weighted by molar-refractivity contribution is 6.91. The van der Waals surface area contributed by atoms with Crippen molar-refractivity contribution in [2.45, 2.75) is 119 Å². The summed E-state index contributed by atoms with van der Waals surface area (Å²) in [4.78, 5) is 37.0. The molecule has 3 nitrogen and oxygen atoms in total. The molecule has 0 spiro atoms. The Bertz CT molecular complexity index is 656. The van der Waals surface area contributed by atoms with Crippen molar-refractivity contribution in [1.82, 2.24) is 0 Å². The highest BCUT2D eigenvalue weighted by Gasteiger charge is 2.43. The molecule has 210 valence electrons. The van der Waals surface area contributed by atoms with Gasteiger partial charge in [0.1, 0.15) is 0 Å². The highest BCUT2D eigenvalue weighted by atomic mass is 28.4. The lowest BCUT2D eigenvalue weighted by molar-refractivity contribution is 0.503. The second kappa shape index (κ2) is 13.7. The number of benzene rings is 1. The van der Waals surface area contributed by atoms with E-state index in [0.717, 1.165) is 51.8 Å². The van der Waals surface area contributed by atoms with Gasteiger partial charge in [0, 0.05) is 0 Å². The zero-order valence-electron chi connectivity index (χ0n) is 25.8. The first kappa shape index (κ1) is 33.8. The average Bonchev–Trinajstić information content (AvgIpc) is 2.63. The lowest BCUT2D eigenvalue weighted by atomic mass is 10.3. The molecular formula is C30H60O3Si3. The third kappa shape index (κ3) is 10.1. The first-order chi connectivity index (χ1) is 16.3. The molecule has 0 atom stereocenters. The molecule has 0 saturated carbocycles. The predicted octanol–water partition coefficient (Wildman–Crippen LogP) is 6.06. The molecular weight excluding hydrogens is 493 g/mol. The lowest BCUT2D eigenvalue weighted by Crippen LogP contribution is -2.60. The molecule has 1 aromatic carbocycles. The molecule has 0 bridgehead atoms. The Hall–Kier alpha value is -0.249. The summed E-state index contributed by atoms with van der Waals surface area (Å²) >= 11 is 0. The Morgan fingerprint density at radius 3 is 0.639 bits per heavy atom. The Labute approximate surface area is 227 Å².